The quantitative estimate of drug-likeness (QED) is 0.650. The summed E-state index contributed by atoms with van der Waals surface area (Å²) in [7, 11) is 0. The topological polar surface area (TPSA) is 30.0 Å². The van der Waals surface area contributed by atoms with E-state index in [2.05, 4.69) is 47.3 Å². The van der Waals surface area contributed by atoms with Gasteiger partial charge in [-0.25, -0.2) is 0 Å². The second kappa shape index (κ2) is 11.1. The molecule has 0 aliphatic carbocycles. The molecule has 3 aliphatic rings. The smallest absolute Gasteiger partial charge is 0.225 e. The van der Waals surface area contributed by atoms with E-state index in [-0.39, 0.29) is 5.92 Å². The van der Waals surface area contributed by atoms with E-state index in [9.17, 15) is 4.79 Å². The summed E-state index contributed by atoms with van der Waals surface area (Å²) in [6.07, 6.45) is 7.23. The van der Waals surface area contributed by atoms with Gasteiger partial charge in [-0.3, -0.25) is 9.69 Å². The molecule has 0 unspecified atom stereocenters. The molecule has 0 aromatic carbocycles. The highest BCUT2D eigenvalue weighted by atomic mass is 16.2. The van der Waals surface area contributed by atoms with Crippen LogP contribution in [0.5, 0.6) is 0 Å². The molecule has 0 radical (unpaired) electrons. The van der Waals surface area contributed by atoms with Crippen LogP contribution in [-0.4, -0.2) is 96.5 Å². The van der Waals surface area contributed by atoms with E-state index in [1.807, 2.05) is 0 Å². The van der Waals surface area contributed by atoms with E-state index in [4.69, 9.17) is 0 Å². The number of amides is 1. The number of likely N-dealkylation sites (tertiary alicyclic amines) is 2. The van der Waals surface area contributed by atoms with Crippen molar-refractivity contribution >= 4 is 5.91 Å². The largest absolute Gasteiger partial charge is 0.342 e. The lowest BCUT2D eigenvalue weighted by Crippen LogP contribution is -2.49. The Morgan fingerprint density at radius 2 is 1.31 bits per heavy atom. The third-order valence-corrected chi connectivity index (χ3v) is 7.76. The number of carbonyl (C=O) groups excluding carboxylic acids is 1. The molecule has 0 spiro atoms. The standard InChI is InChI=1S/C24H46N4O/c1-20(2)26-14-9-23(10-15-26)24(29)28-12-7-22(8-13-28)6-5-11-25-16-18-27(19-17-25)21(3)4/h20-23H,5-19H2,1-4H3. The van der Waals surface area contributed by atoms with Gasteiger partial charge in [0.1, 0.15) is 0 Å². The van der Waals surface area contributed by atoms with Crippen molar-refractivity contribution in [2.75, 3.05) is 58.9 Å². The van der Waals surface area contributed by atoms with Crippen molar-refractivity contribution in [1.29, 1.82) is 0 Å². The first-order valence-corrected chi connectivity index (χ1v) is 12.4. The summed E-state index contributed by atoms with van der Waals surface area (Å²) in [5.74, 6) is 1.57. The van der Waals surface area contributed by atoms with Crippen LogP contribution in [0, 0.1) is 11.8 Å². The van der Waals surface area contributed by atoms with Gasteiger partial charge in [-0.15, -0.1) is 0 Å². The molecule has 0 aromatic heterocycles. The van der Waals surface area contributed by atoms with E-state index in [0.717, 1.165) is 44.9 Å². The summed E-state index contributed by atoms with van der Waals surface area (Å²) in [5.41, 5.74) is 0. The second-order valence-corrected chi connectivity index (χ2v) is 10.3. The molecule has 3 saturated heterocycles. The molecule has 1 amide bonds. The SMILES string of the molecule is CC(C)N1CCC(C(=O)N2CCC(CCCN3CCN(C(C)C)CC3)CC2)CC1. The summed E-state index contributed by atoms with van der Waals surface area (Å²) in [6, 6.07) is 1.30. The van der Waals surface area contributed by atoms with Crippen molar-refractivity contribution in [1.82, 2.24) is 19.6 Å². The molecule has 29 heavy (non-hydrogen) atoms. The van der Waals surface area contributed by atoms with E-state index in [0.29, 0.717) is 18.0 Å². The average Bonchev–Trinajstić information content (AvgIpc) is 2.74. The van der Waals surface area contributed by atoms with Gasteiger partial charge in [0.15, 0.2) is 0 Å². The van der Waals surface area contributed by atoms with Gasteiger partial charge in [0.05, 0.1) is 0 Å². The Balaban J connectivity index is 1.28. The van der Waals surface area contributed by atoms with E-state index < -0.39 is 0 Å². The number of piperidine rings is 2. The summed E-state index contributed by atoms with van der Waals surface area (Å²) < 4.78 is 0. The molecule has 0 atom stereocenters. The molecule has 168 valence electrons. The van der Waals surface area contributed by atoms with Gasteiger partial charge in [-0.05, 0) is 91.8 Å². The van der Waals surface area contributed by atoms with Crippen LogP contribution in [0.15, 0.2) is 0 Å². The molecule has 0 N–H and O–H groups in total. The lowest BCUT2D eigenvalue weighted by atomic mass is 9.89. The van der Waals surface area contributed by atoms with Gasteiger partial charge in [0.2, 0.25) is 5.91 Å². The highest BCUT2D eigenvalue weighted by Crippen LogP contribution is 2.26. The third kappa shape index (κ3) is 6.67. The second-order valence-electron chi connectivity index (χ2n) is 10.3. The van der Waals surface area contributed by atoms with Gasteiger partial charge < -0.3 is 14.7 Å². The number of hydrogen-bond donors (Lipinski definition) is 0. The minimum Gasteiger partial charge on any atom is -0.342 e. The molecule has 0 bridgehead atoms. The Hall–Kier alpha value is -0.650. The first kappa shape index (κ1) is 23.0. The summed E-state index contributed by atoms with van der Waals surface area (Å²) in [6.45, 7) is 19.5. The predicted octanol–water partition coefficient (Wildman–Crippen LogP) is 3.15. The number of hydrogen-bond acceptors (Lipinski definition) is 4. The monoisotopic (exact) mass is 406 g/mol. The molecule has 0 aromatic rings. The molecular weight excluding hydrogens is 360 g/mol. The van der Waals surface area contributed by atoms with E-state index in [1.165, 1.54) is 58.4 Å². The zero-order valence-corrected chi connectivity index (χ0v) is 19.6. The van der Waals surface area contributed by atoms with Crippen LogP contribution in [0.3, 0.4) is 0 Å². The van der Waals surface area contributed by atoms with Crippen LogP contribution >= 0.6 is 0 Å². The first-order valence-electron chi connectivity index (χ1n) is 12.4. The van der Waals surface area contributed by atoms with Crippen molar-refractivity contribution in [3.05, 3.63) is 0 Å². The maximum atomic E-state index is 12.9. The van der Waals surface area contributed by atoms with Gasteiger partial charge in [-0.1, -0.05) is 0 Å². The van der Waals surface area contributed by atoms with Crippen molar-refractivity contribution < 1.29 is 4.79 Å². The van der Waals surface area contributed by atoms with Crippen molar-refractivity contribution in [2.24, 2.45) is 11.8 Å². The van der Waals surface area contributed by atoms with Crippen LogP contribution in [0.4, 0.5) is 0 Å². The molecule has 3 aliphatic heterocycles. The average molecular weight is 407 g/mol. The molecule has 0 saturated carbocycles. The molecule has 3 fully saturated rings. The van der Waals surface area contributed by atoms with Crippen molar-refractivity contribution in [3.63, 3.8) is 0 Å². The molecular formula is C24H46N4O. The van der Waals surface area contributed by atoms with Crippen LogP contribution in [0.25, 0.3) is 0 Å². The molecule has 5 heteroatoms. The highest BCUT2D eigenvalue weighted by molar-refractivity contribution is 5.79. The number of carbonyl (C=O) groups is 1. The zero-order valence-electron chi connectivity index (χ0n) is 19.6. The lowest BCUT2D eigenvalue weighted by molar-refractivity contribution is -0.138. The predicted molar refractivity (Wildman–Crippen MR) is 121 cm³/mol. The third-order valence-electron chi connectivity index (χ3n) is 7.76. The van der Waals surface area contributed by atoms with Crippen molar-refractivity contribution in [2.45, 2.75) is 78.3 Å². The minimum absolute atomic E-state index is 0.283. The van der Waals surface area contributed by atoms with Gasteiger partial charge in [0, 0.05) is 57.3 Å². The Morgan fingerprint density at radius 3 is 1.86 bits per heavy atom. The Kier molecular flexibility index (Phi) is 8.82. The number of piperazine rings is 1. The Bertz CT molecular complexity index is 485. The summed E-state index contributed by atoms with van der Waals surface area (Å²) >= 11 is 0. The van der Waals surface area contributed by atoms with Crippen LogP contribution in [0.2, 0.25) is 0 Å². The first-order chi connectivity index (χ1) is 13.9. The minimum atomic E-state index is 0.283. The summed E-state index contributed by atoms with van der Waals surface area (Å²) in [5, 5.41) is 0. The Morgan fingerprint density at radius 1 is 0.759 bits per heavy atom. The van der Waals surface area contributed by atoms with E-state index in [1.54, 1.807) is 0 Å². The zero-order chi connectivity index (χ0) is 20.8. The Labute approximate surface area is 179 Å². The molecule has 3 rings (SSSR count). The van der Waals surface area contributed by atoms with Crippen LogP contribution in [-0.2, 0) is 4.79 Å². The number of nitrogens with zero attached hydrogens (tertiary/aromatic N) is 4. The van der Waals surface area contributed by atoms with E-state index >= 15 is 0 Å². The fourth-order valence-corrected chi connectivity index (χ4v) is 5.47. The van der Waals surface area contributed by atoms with Gasteiger partial charge in [-0.2, -0.15) is 0 Å². The molecule has 3 heterocycles. The van der Waals surface area contributed by atoms with Crippen LogP contribution < -0.4 is 0 Å². The maximum Gasteiger partial charge on any atom is 0.225 e. The van der Waals surface area contributed by atoms with Crippen molar-refractivity contribution in [3.8, 4) is 0 Å². The highest BCUT2D eigenvalue weighted by Gasteiger charge is 2.31. The van der Waals surface area contributed by atoms with Crippen LogP contribution in [0.1, 0.15) is 66.2 Å². The normalized spacial score (nSPS) is 24.7. The fraction of sp³-hybridized carbons (Fsp3) is 0.958. The number of rotatable bonds is 7. The molecule has 5 nitrogen and oxygen atoms in total. The maximum absolute atomic E-state index is 12.9. The van der Waals surface area contributed by atoms with Gasteiger partial charge >= 0.3 is 0 Å². The fourth-order valence-electron chi connectivity index (χ4n) is 5.47. The summed E-state index contributed by atoms with van der Waals surface area (Å²) in [4.78, 5) is 22.9. The van der Waals surface area contributed by atoms with Gasteiger partial charge in [0.25, 0.3) is 0 Å². The lowest BCUT2D eigenvalue weighted by Gasteiger charge is -2.39.